The smallest absolute Gasteiger partial charge is 0.235 e. The number of aliphatic imine (C=N–C) groups is 1. The van der Waals surface area contributed by atoms with Crippen molar-refractivity contribution in [2.75, 3.05) is 0 Å². The second-order valence-electron chi connectivity index (χ2n) is 4.77. The van der Waals surface area contributed by atoms with Crippen molar-refractivity contribution >= 4 is 22.0 Å². The lowest BCUT2D eigenvalue weighted by Gasteiger charge is -2.25. The number of aryl methyl sites for hydroxylation is 1. The maximum Gasteiger partial charge on any atom is 0.235 e. The molecular weight excluding hydrogens is 294 g/mol. The van der Waals surface area contributed by atoms with Gasteiger partial charge in [-0.3, -0.25) is 0 Å². The average Bonchev–Trinajstić information content (AvgIpc) is 2.82. The van der Waals surface area contributed by atoms with Crippen molar-refractivity contribution in [3.05, 3.63) is 27.7 Å². The van der Waals surface area contributed by atoms with Crippen molar-refractivity contribution < 1.29 is 9.90 Å². The molecule has 0 aliphatic heterocycles. The predicted octanol–water partition coefficient (Wildman–Crippen LogP) is 3.82. The summed E-state index contributed by atoms with van der Waals surface area (Å²) >= 11 is 3.37. The van der Waals surface area contributed by atoms with Gasteiger partial charge < -0.3 is 5.11 Å². The van der Waals surface area contributed by atoms with Gasteiger partial charge in [-0.05, 0) is 52.9 Å². The van der Waals surface area contributed by atoms with E-state index in [2.05, 4.69) is 27.8 Å². The normalized spacial score (nSPS) is 17.4. The van der Waals surface area contributed by atoms with E-state index in [0.717, 1.165) is 43.2 Å². The number of hydrogen-bond donors (Lipinski definition) is 1. The number of isocyanates is 1. The van der Waals surface area contributed by atoms with Crippen LogP contribution in [0, 0.1) is 0 Å². The topological polar surface area (TPSA) is 49.7 Å². The zero-order chi connectivity index (χ0) is 13.2. The van der Waals surface area contributed by atoms with Gasteiger partial charge >= 0.3 is 0 Å². The Labute approximate surface area is 115 Å². The van der Waals surface area contributed by atoms with Gasteiger partial charge in [0.05, 0.1) is 4.47 Å². The highest BCUT2D eigenvalue weighted by Gasteiger charge is 2.38. The zero-order valence-electron chi connectivity index (χ0n) is 10.4. The Kier molecular flexibility index (Phi) is 3.88. The molecule has 1 saturated carbocycles. The molecule has 0 radical (unpaired) electrons. The first-order valence-corrected chi connectivity index (χ1v) is 7.03. The van der Waals surface area contributed by atoms with Crippen molar-refractivity contribution in [1.82, 2.24) is 0 Å². The number of nitrogens with zero attached hydrogens (tertiary/aromatic N) is 1. The number of aromatic hydroxyl groups is 1. The Morgan fingerprint density at radius 3 is 2.67 bits per heavy atom. The van der Waals surface area contributed by atoms with Crippen LogP contribution in [0.25, 0.3) is 0 Å². The fourth-order valence-electron chi connectivity index (χ4n) is 2.70. The second kappa shape index (κ2) is 5.25. The fraction of sp³-hybridized carbons (Fsp3) is 0.500. The minimum atomic E-state index is -0.570. The van der Waals surface area contributed by atoms with Crippen LogP contribution in [0.1, 0.15) is 43.7 Å². The summed E-state index contributed by atoms with van der Waals surface area (Å²) in [4.78, 5) is 14.7. The number of carbonyl (C=O) groups excluding carboxylic acids is 1. The second-order valence-corrected chi connectivity index (χ2v) is 5.62. The van der Waals surface area contributed by atoms with Gasteiger partial charge in [0.25, 0.3) is 0 Å². The van der Waals surface area contributed by atoms with Gasteiger partial charge in [0.1, 0.15) is 11.3 Å². The summed E-state index contributed by atoms with van der Waals surface area (Å²) in [6.45, 7) is 2.06. The molecule has 1 aliphatic rings. The van der Waals surface area contributed by atoms with E-state index in [9.17, 15) is 9.90 Å². The van der Waals surface area contributed by atoms with Gasteiger partial charge in [0, 0.05) is 5.56 Å². The van der Waals surface area contributed by atoms with Gasteiger partial charge in [-0.25, -0.2) is 4.79 Å². The van der Waals surface area contributed by atoms with E-state index in [4.69, 9.17) is 0 Å². The highest BCUT2D eigenvalue weighted by molar-refractivity contribution is 9.10. The molecule has 3 nitrogen and oxygen atoms in total. The predicted molar refractivity (Wildman–Crippen MR) is 73.5 cm³/mol. The number of rotatable bonds is 3. The molecule has 0 unspecified atom stereocenters. The number of phenolic OH excluding ortho intramolecular Hbond substituents is 1. The van der Waals surface area contributed by atoms with Crippen molar-refractivity contribution in [3.8, 4) is 5.75 Å². The molecule has 1 aromatic rings. The van der Waals surface area contributed by atoms with Crippen LogP contribution in [0.5, 0.6) is 5.75 Å². The van der Waals surface area contributed by atoms with E-state index in [1.165, 1.54) is 0 Å². The Morgan fingerprint density at radius 2 is 2.11 bits per heavy atom. The highest BCUT2D eigenvalue weighted by atomic mass is 79.9. The Morgan fingerprint density at radius 1 is 1.44 bits per heavy atom. The minimum Gasteiger partial charge on any atom is -0.506 e. The number of hydrogen-bond acceptors (Lipinski definition) is 3. The van der Waals surface area contributed by atoms with E-state index >= 15 is 0 Å². The first-order valence-electron chi connectivity index (χ1n) is 6.24. The highest BCUT2D eigenvalue weighted by Crippen LogP contribution is 2.47. The molecule has 0 bridgehead atoms. The van der Waals surface area contributed by atoms with Crippen LogP contribution >= 0.6 is 15.9 Å². The molecular formula is C14H16BrNO2. The molecule has 18 heavy (non-hydrogen) atoms. The SMILES string of the molecule is CCc1cc(Br)c(O)c(C2(N=C=O)CCCC2)c1. The lowest BCUT2D eigenvalue weighted by atomic mass is 9.87. The third-order valence-corrected chi connectivity index (χ3v) is 4.33. The maximum atomic E-state index is 10.7. The van der Waals surface area contributed by atoms with Gasteiger partial charge in [-0.2, -0.15) is 4.99 Å². The molecule has 0 aromatic heterocycles. The van der Waals surface area contributed by atoms with Crippen LogP contribution < -0.4 is 0 Å². The first kappa shape index (κ1) is 13.3. The third kappa shape index (κ3) is 2.23. The van der Waals surface area contributed by atoms with Crippen LogP contribution in [0.4, 0.5) is 0 Å². The number of halogens is 1. The van der Waals surface area contributed by atoms with Crippen molar-refractivity contribution in [1.29, 1.82) is 0 Å². The van der Waals surface area contributed by atoms with Gasteiger partial charge in [0.2, 0.25) is 6.08 Å². The van der Waals surface area contributed by atoms with Crippen LogP contribution in [0.2, 0.25) is 0 Å². The lowest BCUT2D eigenvalue weighted by molar-refractivity contribution is 0.406. The van der Waals surface area contributed by atoms with Crippen LogP contribution in [-0.4, -0.2) is 11.2 Å². The quantitative estimate of drug-likeness (QED) is 0.681. The number of phenols is 1. The molecule has 4 heteroatoms. The molecule has 0 spiro atoms. The summed E-state index contributed by atoms with van der Waals surface area (Å²) in [6.07, 6.45) is 6.22. The molecule has 0 amide bonds. The molecule has 1 aromatic carbocycles. The van der Waals surface area contributed by atoms with Gasteiger partial charge in [-0.15, -0.1) is 0 Å². The Balaban J connectivity index is 2.60. The molecule has 1 aliphatic carbocycles. The fourth-order valence-corrected chi connectivity index (χ4v) is 3.21. The summed E-state index contributed by atoms with van der Waals surface area (Å²) in [6, 6.07) is 3.87. The Bertz CT molecular complexity index is 501. The van der Waals surface area contributed by atoms with Gasteiger partial charge in [-0.1, -0.05) is 19.8 Å². The van der Waals surface area contributed by atoms with Crippen LogP contribution in [0.15, 0.2) is 21.6 Å². The maximum absolute atomic E-state index is 10.7. The zero-order valence-corrected chi connectivity index (χ0v) is 12.0. The standard InChI is InChI=1S/C14H16BrNO2/c1-2-10-7-11(13(18)12(15)8-10)14(16-9-17)5-3-4-6-14/h7-8,18H,2-6H2,1H3. The summed E-state index contributed by atoms with van der Waals surface area (Å²) in [5.74, 6) is 0.202. The third-order valence-electron chi connectivity index (χ3n) is 3.72. The summed E-state index contributed by atoms with van der Waals surface area (Å²) in [5, 5.41) is 10.2. The monoisotopic (exact) mass is 309 g/mol. The van der Waals surface area contributed by atoms with E-state index < -0.39 is 5.54 Å². The van der Waals surface area contributed by atoms with E-state index in [0.29, 0.717) is 4.47 Å². The molecule has 96 valence electrons. The average molecular weight is 310 g/mol. The molecule has 1 N–H and O–H groups in total. The molecule has 0 saturated heterocycles. The molecule has 0 atom stereocenters. The molecule has 1 fully saturated rings. The number of benzene rings is 1. The molecule has 0 heterocycles. The largest absolute Gasteiger partial charge is 0.506 e. The summed E-state index contributed by atoms with van der Waals surface area (Å²) < 4.78 is 0.671. The van der Waals surface area contributed by atoms with E-state index in [-0.39, 0.29) is 5.75 Å². The van der Waals surface area contributed by atoms with Crippen molar-refractivity contribution in [3.63, 3.8) is 0 Å². The first-order chi connectivity index (χ1) is 8.63. The van der Waals surface area contributed by atoms with Crippen LogP contribution in [-0.2, 0) is 16.8 Å². The molecule has 2 rings (SSSR count). The lowest BCUT2D eigenvalue weighted by Crippen LogP contribution is -2.19. The summed E-state index contributed by atoms with van der Waals surface area (Å²) in [7, 11) is 0. The summed E-state index contributed by atoms with van der Waals surface area (Å²) in [5.41, 5.74) is 1.32. The van der Waals surface area contributed by atoms with E-state index in [1.807, 2.05) is 12.1 Å². The van der Waals surface area contributed by atoms with Crippen LogP contribution in [0.3, 0.4) is 0 Å². The minimum absolute atomic E-state index is 0.202. The van der Waals surface area contributed by atoms with Crippen molar-refractivity contribution in [2.24, 2.45) is 4.99 Å². The van der Waals surface area contributed by atoms with E-state index in [1.54, 1.807) is 6.08 Å². The van der Waals surface area contributed by atoms with Crippen molar-refractivity contribution in [2.45, 2.75) is 44.6 Å². The Hall–Kier alpha value is -1.12. The van der Waals surface area contributed by atoms with Gasteiger partial charge in [0.15, 0.2) is 0 Å².